The van der Waals surface area contributed by atoms with E-state index in [1.807, 2.05) is 13.0 Å². The lowest BCUT2D eigenvalue weighted by Gasteiger charge is -2.12. The molecule has 6 nitrogen and oxygen atoms in total. The van der Waals surface area contributed by atoms with Crippen LogP contribution in [0.25, 0.3) is 0 Å². The van der Waals surface area contributed by atoms with E-state index in [4.69, 9.17) is 4.74 Å². The Bertz CT molecular complexity index is 1110. The number of rotatable bonds is 8. The van der Waals surface area contributed by atoms with Gasteiger partial charge in [0, 0.05) is 11.3 Å². The number of carbonyl (C=O) groups excluding carboxylic acids is 1. The molecule has 1 amide bonds. The Morgan fingerprint density at radius 2 is 1.63 bits per heavy atom. The predicted molar refractivity (Wildman–Crippen MR) is 114 cm³/mol. The highest BCUT2D eigenvalue weighted by atomic mass is 32.2. The van der Waals surface area contributed by atoms with E-state index in [2.05, 4.69) is 10.0 Å². The lowest BCUT2D eigenvalue weighted by molar-refractivity contribution is 0.102. The maximum Gasteiger partial charge on any atom is 0.261 e. The minimum Gasteiger partial charge on any atom is -0.491 e. The molecule has 0 aromatic heterocycles. The van der Waals surface area contributed by atoms with E-state index in [-0.39, 0.29) is 10.6 Å². The fourth-order valence-electron chi connectivity index (χ4n) is 2.62. The topological polar surface area (TPSA) is 84.5 Å². The van der Waals surface area contributed by atoms with Crippen LogP contribution in [0.3, 0.4) is 0 Å². The Labute approximate surface area is 174 Å². The summed E-state index contributed by atoms with van der Waals surface area (Å²) >= 11 is 0. The molecule has 3 aromatic rings. The number of nitrogens with one attached hydrogen (secondary N) is 2. The fraction of sp³-hybridized carbons (Fsp3) is 0.136. The monoisotopic (exact) mass is 428 g/mol. The standard InChI is InChI=1S/C22H21FN2O4S/c1-2-15-29-21-6-4-3-5-20(21)24-22(26)16-7-13-19(14-8-16)30(27,28)25-18-11-9-17(23)10-12-18/h3-14,25H,2,15H2,1H3,(H,24,26). The summed E-state index contributed by atoms with van der Waals surface area (Å²) in [6.07, 6.45) is 0.837. The number of sulfonamides is 1. The first-order valence-corrected chi connectivity index (χ1v) is 10.8. The van der Waals surface area contributed by atoms with E-state index in [0.717, 1.165) is 18.6 Å². The van der Waals surface area contributed by atoms with Crippen LogP contribution in [0.4, 0.5) is 15.8 Å². The highest BCUT2D eigenvalue weighted by Gasteiger charge is 2.16. The molecule has 0 fully saturated rings. The van der Waals surface area contributed by atoms with E-state index in [1.165, 1.54) is 36.4 Å². The minimum atomic E-state index is -3.87. The van der Waals surface area contributed by atoms with Gasteiger partial charge in [-0.2, -0.15) is 0 Å². The molecule has 0 bridgehead atoms. The van der Waals surface area contributed by atoms with Gasteiger partial charge in [0.25, 0.3) is 15.9 Å². The van der Waals surface area contributed by atoms with Gasteiger partial charge in [-0.3, -0.25) is 9.52 Å². The zero-order valence-electron chi connectivity index (χ0n) is 16.3. The molecule has 0 heterocycles. The van der Waals surface area contributed by atoms with Crippen molar-refractivity contribution in [3.05, 3.63) is 84.2 Å². The van der Waals surface area contributed by atoms with Crippen molar-refractivity contribution in [1.82, 2.24) is 0 Å². The molecule has 3 aromatic carbocycles. The zero-order chi connectivity index (χ0) is 21.6. The Hall–Kier alpha value is -3.39. The molecule has 0 spiro atoms. The molecule has 30 heavy (non-hydrogen) atoms. The third-order valence-corrected chi connectivity index (χ3v) is 5.52. The van der Waals surface area contributed by atoms with Crippen LogP contribution in [-0.4, -0.2) is 20.9 Å². The molecule has 0 aliphatic carbocycles. The number of para-hydroxylation sites is 2. The maximum absolute atomic E-state index is 13.0. The van der Waals surface area contributed by atoms with Crippen LogP contribution >= 0.6 is 0 Å². The Kier molecular flexibility index (Phi) is 6.68. The van der Waals surface area contributed by atoms with Crippen LogP contribution in [0.1, 0.15) is 23.7 Å². The third kappa shape index (κ3) is 5.36. The average molecular weight is 428 g/mol. The van der Waals surface area contributed by atoms with Crippen LogP contribution in [-0.2, 0) is 10.0 Å². The molecule has 0 saturated carbocycles. The Morgan fingerprint density at radius 1 is 0.967 bits per heavy atom. The first kappa shape index (κ1) is 21.3. The Morgan fingerprint density at radius 3 is 2.30 bits per heavy atom. The van der Waals surface area contributed by atoms with Crippen molar-refractivity contribution in [1.29, 1.82) is 0 Å². The molecule has 156 valence electrons. The second-order valence-electron chi connectivity index (χ2n) is 6.44. The molecule has 0 atom stereocenters. The number of halogens is 1. The van der Waals surface area contributed by atoms with Crippen molar-refractivity contribution >= 4 is 27.3 Å². The molecular formula is C22H21FN2O4S. The third-order valence-electron chi connectivity index (χ3n) is 4.12. The SMILES string of the molecule is CCCOc1ccccc1NC(=O)c1ccc(S(=O)(=O)Nc2ccc(F)cc2)cc1. The van der Waals surface area contributed by atoms with Gasteiger partial charge in [0.1, 0.15) is 11.6 Å². The van der Waals surface area contributed by atoms with Crippen molar-refractivity contribution in [2.75, 3.05) is 16.6 Å². The number of anilines is 2. The molecule has 3 rings (SSSR count). The van der Waals surface area contributed by atoms with Crippen LogP contribution < -0.4 is 14.8 Å². The van der Waals surface area contributed by atoms with Gasteiger partial charge in [-0.05, 0) is 67.1 Å². The quantitative estimate of drug-likeness (QED) is 0.546. The van der Waals surface area contributed by atoms with Crippen LogP contribution in [0.15, 0.2) is 77.7 Å². The molecule has 2 N–H and O–H groups in total. The summed E-state index contributed by atoms with van der Waals surface area (Å²) in [6, 6.07) is 17.6. The average Bonchev–Trinajstić information content (AvgIpc) is 2.74. The fourth-order valence-corrected chi connectivity index (χ4v) is 3.68. The highest BCUT2D eigenvalue weighted by Crippen LogP contribution is 2.25. The molecule has 0 unspecified atom stereocenters. The highest BCUT2D eigenvalue weighted by molar-refractivity contribution is 7.92. The molecule has 0 radical (unpaired) electrons. The van der Waals surface area contributed by atoms with E-state index >= 15 is 0 Å². The molecule has 0 aliphatic rings. The van der Waals surface area contributed by atoms with Gasteiger partial charge in [0.15, 0.2) is 0 Å². The summed E-state index contributed by atoms with van der Waals surface area (Å²) in [7, 11) is -3.87. The first-order valence-electron chi connectivity index (χ1n) is 9.30. The normalized spacial score (nSPS) is 11.0. The van der Waals surface area contributed by atoms with E-state index in [1.54, 1.807) is 18.2 Å². The summed E-state index contributed by atoms with van der Waals surface area (Å²) in [5.74, 6) is -0.289. The van der Waals surface area contributed by atoms with Crippen molar-refractivity contribution in [2.45, 2.75) is 18.2 Å². The summed E-state index contributed by atoms with van der Waals surface area (Å²) in [5, 5.41) is 2.77. The lowest BCUT2D eigenvalue weighted by Crippen LogP contribution is -2.15. The number of hydrogen-bond donors (Lipinski definition) is 2. The largest absolute Gasteiger partial charge is 0.491 e. The van der Waals surface area contributed by atoms with Gasteiger partial charge in [0.05, 0.1) is 17.2 Å². The van der Waals surface area contributed by atoms with Gasteiger partial charge in [-0.1, -0.05) is 19.1 Å². The molecule has 0 saturated heterocycles. The predicted octanol–water partition coefficient (Wildman–Crippen LogP) is 4.67. The van der Waals surface area contributed by atoms with Gasteiger partial charge in [-0.15, -0.1) is 0 Å². The lowest BCUT2D eigenvalue weighted by atomic mass is 10.2. The van der Waals surface area contributed by atoms with Crippen molar-refractivity contribution in [2.24, 2.45) is 0 Å². The van der Waals surface area contributed by atoms with Crippen LogP contribution in [0, 0.1) is 5.82 Å². The molecular weight excluding hydrogens is 407 g/mol. The van der Waals surface area contributed by atoms with Crippen molar-refractivity contribution in [3.63, 3.8) is 0 Å². The van der Waals surface area contributed by atoms with Crippen LogP contribution in [0.2, 0.25) is 0 Å². The van der Waals surface area contributed by atoms with E-state index < -0.39 is 21.7 Å². The number of carbonyl (C=O) groups is 1. The molecule has 0 aliphatic heterocycles. The number of benzene rings is 3. The first-order chi connectivity index (χ1) is 14.4. The van der Waals surface area contributed by atoms with Gasteiger partial charge >= 0.3 is 0 Å². The summed E-state index contributed by atoms with van der Waals surface area (Å²) in [6.45, 7) is 2.52. The van der Waals surface area contributed by atoms with E-state index in [0.29, 0.717) is 23.6 Å². The number of ether oxygens (including phenoxy) is 1. The maximum atomic E-state index is 13.0. The van der Waals surface area contributed by atoms with Gasteiger partial charge in [0.2, 0.25) is 0 Å². The number of amides is 1. The molecule has 8 heteroatoms. The second-order valence-corrected chi connectivity index (χ2v) is 8.12. The number of hydrogen-bond acceptors (Lipinski definition) is 4. The second kappa shape index (κ2) is 9.41. The summed E-state index contributed by atoms with van der Waals surface area (Å²) in [5.41, 5.74) is 1.06. The minimum absolute atomic E-state index is 0.0185. The van der Waals surface area contributed by atoms with Crippen molar-refractivity contribution < 1.29 is 22.3 Å². The van der Waals surface area contributed by atoms with Gasteiger partial charge < -0.3 is 10.1 Å². The summed E-state index contributed by atoms with van der Waals surface area (Å²) in [4.78, 5) is 12.5. The smallest absolute Gasteiger partial charge is 0.261 e. The summed E-state index contributed by atoms with van der Waals surface area (Å²) < 4.78 is 45.9. The van der Waals surface area contributed by atoms with Crippen molar-refractivity contribution in [3.8, 4) is 5.75 Å². The van der Waals surface area contributed by atoms with Gasteiger partial charge in [-0.25, -0.2) is 12.8 Å². The van der Waals surface area contributed by atoms with E-state index in [9.17, 15) is 17.6 Å². The Balaban J connectivity index is 1.72. The van der Waals surface area contributed by atoms with Crippen LogP contribution in [0.5, 0.6) is 5.75 Å². The zero-order valence-corrected chi connectivity index (χ0v) is 17.1.